The van der Waals surface area contributed by atoms with E-state index in [4.69, 9.17) is 5.73 Å². The highest BCUT2D eigenvalue weighted by atomic mass is 16.3. The number of hydrogen-bond donors (Lipinski definition) is 4. The summed E-state index contributed by atoms with van der Waals surface area (Å²) >= 11 is 0. The van der Waals surface area contributed by atoms with Crippen molar-refractivity contribution in [2.45, 2.75) is 25.7 Å². The fraction of sp³-hybridized carbons (Fsp3) is 0.636. The highest BCUT2D eigenvalue weighted by Gasteiger charge is 2.33. The van der Waals surface area contributed by atoms with E-state index in [0.29, 0.717) is 12.2 Å². The van der Waals surface area contributed by atoms with Crippen LogP contribution < -0.4 is 11.1 Å². The topological polar surface area (TPSA) is 104 Å². The van der Waals surface area contributed by atoms with Gasteiger partial charge in [0.05, 0.1) is 18.5 Å². The van der Waals surface area contributed by atoms with Gasteiger partial charge >= 0.3 is 0 Å². The van der Waals surface area contributed by atoms with Crippen LogP contribution in [0.4, 0.5) is 5.69 Å². The minimum Gasteiger partial charge on any atom is -0.396 e. The van der Waals surface area contributed by atoms with E-state index in [2.05, 4.69) is 15.5 Å². The molecule has 6 heteroatoms. The molecule has 17 heavy (non-hydrogen) atoms. The molecule has 0 atom stereocenters. The van der Waals surface area contributed by atoms with Crippen LogP contribution in [0.3, 0.4) is 0 Å². The molecule has 2 rings (SSSR count). The van der Waals surface area contributed by atoms with Gasteiger partial charge in [0, 0.05) is 12.0 Å². The van der Waals surface area contributed by atoms with Crippen LogP contribution in [0, 0.1) is 5.41 Å². The summed E-state index contributed by atoms with van der Waals surface area (Å²) < 4.78 is 0. The Labute approximate surface area is 99.6 Å². The largest absolute Gasteiger partial charge is 0.396 e. The van der Waals surface area contributed by atoms with Crippen molar-refractivity contribution >= 4 is 11.6 Å². The molecular weight excluding hydrogens is 220 g/mol. The van der Waals surface area contributed by atoms with Gasteiger partial charge in [0.25, 0.3) is 5.91 Å². The third kappa shape index (κ3) is 2.41. The molecule has 1 aromatic heterocycles. The van der Waals surface area contributed by atoms with E-state index in [0.717, 1.165) is 25.7 Å². The quantitative estimate of drug-likeness (QED) is 0.604. The molecule has 1 heterocycles. The van der Waals surface area contributed by atoms with Gasteiger partial charge < -0.3 is 16.2 Å². The lowest BCUT2D eigenvalue weighted by molar-refractivity contribution is 0.0877. The maximum Gasteiger partial charge on any atom is 0.271 e. The average Bonchev–Trinajstić information content (AvgIpc) is 2.95. The van der Waals surface area contributed by atoms with E-state index >= 15 is 0 Å². The number of carbonyl (C=O) groups is 1. The number of aliphatic hydroxyl groups is 1. The molecule has 1 aliphatic carbocycles. The van der Waals surface area contributed by atoms with Crippen molar-refractivity contribution in [1.82, 2.24) is 15.5 Å². The summed E-state index contributed by atoms with van der Waals surface area (Å²) in [4.78, 5) is 11.8. The predicted octanol–water partition coefficient (Wildman–Crippen LogP) is 0.274. The number of nitrogens with two attached hydrogens (primary N) is 1. The van der Waals surface area contributed by atoms with E-state index in [1.54, 1.807) is 0 Å². The zero-order chi connectivity index (χ0) is 12.3. The van der Waals surface area contributed by atoms with E-state index in [-0.39, 0.29) is 23.6 Å². The fourth-order valence-corrected chi connectivity index (χ4v) is 2.35. The van der Waals surface area contributed by atoms with E-state index in [1.165, 1.54) is 6.20 Å². The molecule has 1 saturated carbocycles. The lowest BCUT2D eigenvalue weighted by Crippen LogP contribution is -2.38. The van der Waals surface area contributed by atoms with Crippen molar-refractivity contribution < 1.29 is 9.90 Å². The molecule has 94 valence electrons. The summed E-state index contributed by atoms with van der Waals surface area (Å²) in [5.74, 6) is -0.264. The maximum absolute atomic E-state index is 11.8. The number of carbonyl (C=O) groups excluding carboxylic acids is 1. The number of nitrogens with one attached hydrogen (secondary N) is 2. The predicted molar refractivity (Wildman–Crippen MR) is 63.3 cm³/mol. The minimum absolute atomic E-state index is 0.117. The molecule has 0 aliphatic heterocycles. The molecule has 0 saturated heterocycles. The molecule has 0 unspecified atom stereocenters. The molecule has 0 spiro atoms. The van der Waals surface area contributed by atoms with Gasteiger partial charge in [-0.15, -0.1) is 0 Å². The Hall–Kier alpha value is -1.56. The van der Waals surface area contributed by atoms with Crippen LogP contribution in [0.25, 0.3) is 0 Å². The number of aliphatic hydroxyl groups excluding tert-OH is 1. The van der Waals surface area contributed by atoms with E-state index in [1.807, 2.05) is 0 Å². The molecule has 5 N–H and O–H groups in total. The Balaban J connectivity index is 1.94. The smallest absolute Gasteiger partial charge is 0.271 e. The second-order valence-corrected chi connectivity index (χ2v) is 4.75. The zero-order valence-electron chi connectivity index (χ0n) is 9.70. The zero-order valence-corrected chi connectivity index (χ0v) is 9.70. The van der Waals surface area contributed by atoms with Gasteiger partial charge in [0.15, 0.2) is 0 Å². The third-order valence-electron chi connectivity index (χ3n) is 3.52. The molecule has 1 amide bonds. The fourth-order valence-electron chi connectivity index (χ4n) is 2.35. The SMILES string of the molecule is Nc1cn[nH]c1C(=O)NCC1(CO)CCCC1. The number of H-pyrrole nitrogens is 1. The first-order chi connectivity index (χ1) is 8.17. The number of rotatable bonds is 4. The van der Waals surface area contributed by atoms with Crippen LogP contribution in [0.1, 0.15) is 36.2 Å². The lowest BCUT2D eigenvalue weighted by Gasteiger charge is -2.26. The molecule has 6 nitrogen and oxygen atoms in total. The standard InChI is InChI=1S/C11H18N4O2/c12-8-5-14-15-9(8)10(17)13-6-11(7-16)3-1-2-4-11/h5,16H,1-4,6-7,12H2,(H,13,17)(H,14,15). The number of nitrogen functional groups attached to an aromatic ring is 1. The number of aromatic nitrogens is 2. The van der Waals surface area contributed by atoms with Gasteiger partial charge in [0.2, 0.25) is 0 Å². The number of amides is 1. The molecule has 0 aromatic carbocycles. The van der Waals surface area contributed by atoms with Gasteiger partial charge in [-0.1, -0.05) is 12.8 Å². The molecule has 1 aliphatic rings. The van der Waals surface area contributed by atoms with Crippen LogP contribution >= 0.6 is 0 Å². The second-order valence-electron chi connectivity index (χ2n) is 4.75. The first-order valence-electron chi connectivity index (χ1n) is 5.85. The van der Waals surface area contributed by atoms with Gasteiger partial charge in [-0.25, -0.2) is 0 Å². The summed E-state index contributed by atoms with van der Waals surface area (Å²) in [6, 6.07) is 0. The third-order valence-corrected chi connectivity index (χ3v) is 3.52. The number of hydrogen-bond acceptors (Lipinski definition) is 4. The van der Waals surface area contributed by atoms with Gasteiger partial charge in [-0.2, -0.15) is 5.10 Å². The summed E-state index contributed by atoms with van der Waals surface area (Å²) in [6.07, 6.45) is 5.56. The molecular formula is C11H18N4O2. The Morgan fingerprint density at radius 1 is 1.59 bits per heavy atom. The maximum atomic E-state index is 11.8. The monoisotopic (exact) mass is 238 g/mol. The Kier molecular flexibility index (Phi) is 3.33. The van der Waals surface area contributed by atoms with Crippen molar-refractivity contribution in [2.75, 3.05) is 18.9 Å². The van der Waals surface area contributed by atoms with Gasteiger partial charge in [0.1, 0.15) is 5.69 Å². The lowest BCUT2D eigenvalue weighted by atomic mass is 9.87. The molecule has 1 fully saturated rings. The van der Waals surface area contributed by atoms with Crippen molar-refractivity contribution in [3.8, 4) is 0 Å². The molecule has 1 aromatic rings. The minimum atomic E-state index is -0.264. The van der Waals surface area contributed by atoms with Crippen LogP contribution in [-0.2, 0) is 0 Å². The first kappa shape index (κ1) is 11.9. The summed E-state index contributed by atoms with van der Waals surface area (Å²) in [6.45, 7) is 0.604. The molecule has 0 bridgehead atoms. The number of nitrogens with zero attached hydrogens (tertiary/aromatic N) is 1. The summed E-state index contributed by atoms with van der Waals surface area (Å²) in [5, 5.41) is 18.5. The first-order valence-corrected chi connectivity index (χ1v) is 5.85. The summed E-state index contributed by atoms with van der Waals surface area (Å²) in [7, 11) is 0. The van der Waals surface area contributed by atoms with Crippen molar-refractivity contribution in [3.05, 3.63) is 11.9 Å². The van der Waals surface area contributed by atoms with Crippen LogP contribution in [0.15, 0.2) is 6.20 Å². The van der Waals surface area contributed by atoms with Crippen molar-refractivity contribution in [3.63, 3.8) is 0 Å². The van der Waals surface area contributed by atoms with Crippen molar-refractivity contribution in [2.24, 2.45) is 5.41 Å². The highest BCUT2D eigenvalue weighted by Crippen LogP contribution is 2.36. The average molecular weight is 238 g/mol. The Morgan fingerprint density at radius 2 is 2.29 bits per heavy atom. The van der Waals surface area contributed by atoms with Gasteiger partial charge in [-0.05, 0) is 12.8 Å². The second kappa shape index (κ2) is 4.75. The van der Waals surface area contributed by atoms with Crippen LogP contribution in [-0.4, -0.2) is 34.4 Å². The van der Waals surface area contributed by atoms with Crippen molar-refractivity contribution in [1.29, 1.82) is 0 Å². The summed E-state index contributed by atoms with van der Waals surface area (Å²) in [5.41, 5.74) is 6.07. The van der Waals surface area contributed by atoms with Crippen LogP contribution in [0.2, 0.25) is 0 Å². The normalized spacial score (nSPS) is 18.2. The molecule has 0 radical (unpaired) electrons. The van der Waals surface area contributed by atoms with Gasteiger partial charge in [-0.3, -0.25) is 9.89 Å². The van der Waals surface area contributed by atoms with E-state index < -0.39 is 0 Å². The number of anilines is 1. The highest BCUT2D eigenvalue weighted by molar-refractivity contribution is 5.96. The Morgan fingerprint density at radius 3 is 2.82 bits per heavy atom. The number of aromatic amines is 1. The van der Waals surface area contributed by atoms with Crippen LogP contribution in [0.5, 0.6) is 0 Å². The van der Waals surface area contributed by atoms with E-state index in [9.17, 15) is 9.90 Å². The Bertz CT molecular complexity index is 396.